The molecule has 0 radical (unpaired) electrons. The van der Waals surface area contributed by atoms with Crippen molar-refractivity contribution in [3.63, 3.8) is 0 Å². The second-order valence-electron chi connectivity index (χ2n) is 5.42. The van der Waals surface area contributed by atoms with Gasteiger partial charge in [0.25, 0.3) is 5.91 Å². The Labute approximate surface area is 136 Å². The van der Waals surface area contributed by atoms with Crippen LogP contribution in [0.15, 0.2) is 79.1 Å². The molecule has 2 aromatic carbocycles. The first-order valence-corrected chi connectivity index (χ1v) is 7.60. The quantitative estimate of drug-likeness (QED) is 0.783. The first-order chi connectivity index (χ1) is 11.2. The molecule has 23 heavy (non-hydrogen) atoms. The standard InChI is InChI=1S/C20H18N2O/c1-15(22-20(23)19-11-13-21-14-12-19)16-7-9-18(10-8-16)17-5-3-2-4-6-17/h2-15H,1H3,(H,22,23). The van der Waals surface area contributed by atoms with Crippen LogP contribution in [0.3, 0.4) is 0 Å². The predicted molar refractivity (Wildman–Crippen MR) is 92.0 cm³/mol. The fraction of sp³-hybridized carbons (Fsp3) is 0.100. The lowest BCUT2D eigenvalue weighted by Gasteiger charge is -2.15. The Morgan fingerprint density at radius 1 is 0.870 bits per heavy atom. The van der Waals surface area contributed by atoms with E-state index in [0.717, 1.165) is 5.56 Å². The monoisotopic (exact) mass is 302 g/mol. The van der Waals surface area contributed by atoms with E-state index >= 15 is 0 Å². The molecule has 1 atom stereocenters. The van der Waals surface area contributed by atoms with Crippen molar-refractivity contribution in [1.29, 1.82) is 0 Å². The molecule has 1 aromatic heterocycles. The lowest BCUT2D eigenvalue weighted by Crippen LogP contribution is -2.26. The number of aromatic nitrogens is 1. The number of nitrogens with one attached hydrogen (secondary N) is 1. The molecular formula is C20H18N2O. The van der Waals surface area contributed by atoms with Crippen LogP contribution in [0.2, 0.25) is 0 Å². The van der Waals surface area contributed by atoms with Gasteiger partial charge in [-0.15, -0.1) is 0 Å². The van der Waals surface area contributed by atoms with Crippen LogP contribution < -0.4 is 5.32 Å². The van der Waals surface area contributed by atoms with Crippen LogP contribution in [0, 0.1) is 0 Å². The third-order valence-corrected chi connectivity index (χ3v) is 3.81. The van der Waals surface area contributed by atoms with Crippen LogP contribution in [-0.2, 0) is 0 Å². The predicted octanol–water partition coefficient (Wildman–Crippen LogP) is 4.24. The molecular weight excluding hydrogens is 284 g/mol. The van der Waals surface area contributed by atoms with Gasteiger partial charge in [-0.25, -0.2) is 0 Å². The minimum absolute atomic E-state index is 0.0551. The Balaban J connectivity index is 1.71. The summed E-state index contributed by atoms with van der Waals surface area (Å²) in [6, 6.07) is 21.9. The summed E-state index contributed by atoms with van der Waals surface area (Å²) in [5.41, 5.74) is 4.05. The first-order valence-electron chi connectivity index (χ1n) is 7.60. The smallest absolute Gasteiger partial charge is 0.251 e. The van der Waals surface area contributed by atoms with Crippen LogP contribution in [0.5, 0.6) is 0 Å². The summed E-state index contributed by atoms with van der Waals surface area (Å²) in [5, 5.41) is 3.00. The third-order valence-electron chi connectivity index (χ3n) is 3.81. The van der Waals surface area contributed by atoms with E-state index in [0.29, 0.717) is 5.56 Å². The van der Waals surface area contributed by atoms with E-state index in [2.05, 4.69) is 46.7 Å². The largest absolute Gasteiger partial charge is 0.346 e. The van der Waals surface area contributed by atoms with E-state index in [9.17, 15) is 4.79 Å². The summed E-state index contributed by atoms with van der Waals surface area (Å²) in [6.45, 7) is 1.98. The van der Waals surface area contributed by atoms with Gasteiger partial charge in [-0.1, -0.05) is 54.6 Å². The van der Waals surface area contributed by atoms with Crippen molar-refractivity contribution in [3.8, 4) is 11.1 Å². The number of carbonyl (C=O) groups is 1. The number of amides is 1. The molecule has 0 aliphatic carbocycles. The van der Waals surface area contributed by atoms with Crippen LogP contribution in [0.25, 0.3) is 11.1 Å². The summed E-state index contributed by atoms with van der Waals surface area (Å²) >= 11 is 0. The fourth-order valence-electron chi connectivity index (χ4n) is 2.46. The minimum atomic E-state index is -0.0907. The summed E-state index contributed by atoms with van der Waals surface area (Å²) in [4.78, 5) is 16.1. The molecule has 1 N–H and O–H groups in total. The SMILES string of the molecule is CC(NC(=O)c1ccncc1)c1ccc(-c2ccccc2)cc1. The van der Waals surface area contributed by atoms with Gasteiger partial charge in [0, 0.05) is 18.0 Å². The van der Waals surface area contributed by atoms with Crippen LogP contribution in [-0.4, -0.2) is 10.9 Å². The molecule has 0 saturated carbocycles. The summed E-state index contributed by atoms with van der Waals surface area (Å²) in [6.07, 6.45) is 3.24. The maximum atomic E-state index is 12.2. The van der Waals surface area contributed by atoms with E-state index in [1.165, 1.54) is 11.1 Å². The van der Waals surface area contributed by atoms with Gasteiger partial charge in [0.05, 0.1) is 6.04 Å². The zero-order chi connectivity index (χ0) is 16.1. The van der Waals surface area contributed by atoms with Gasteiger partial charge in [0.2, 0.25) is 0 Å². The van der Waals surface area contributed by atoms with Crippen molar-refractivity contribution in [3.05, 3.63) is 90.3 Å². The lowest BCUT2D eigenvalue weighted by atomic mass is 10.0. The number of hydrogen-bond acceptors (Lipinski definition) is 2. The highest BCUT2D eigenvalue weighted by Crippen LogP contribution is 2.21. The highest BCUT2D eigenvalue weighted by molar-refractivity contribution is 5.94. The van der Waals surface area contributed by atoms with Gasteiger partial charge in [-0.05, 0) is 35.7 Å². The molecule has 0 fully saturated rings. The van der Waals surface area contributed by atoms with Crippen molar-refractivity contribution >= 4 is 5.91 Å². The van der Waals surface area contributed by atoms with Crippen molar-refractivity contribution < 1.29 is 4.79 Å². The first kappa shape index (κ1) is 15.0. The molecule has 1 amide bonds. The number of benzene rings is 2. The Bertz CT molecular complexity index is 768. The molecule has 0 saturated heterocycles. The normalized spacial score (nSPS) is 11.7. The average molecular weight is 302 g/mol. The Kier molecular flexibility index (Phi) is 4.48. The summed E-state index contributed by atoms with van der Waals surface area (Å²) in [5.74, 6) is -0.0907. The topological polar surface area (TPSA) is 42.0 Å². The molecule has 3 heteroatoms. The number of hydrogen-bond donors (Lipinski definition) is 1. The maximum Gasteiger partial charge on any atom is 0.251 e. The van der Waals surface area contributed by atoms with Gasteiger partial charge in [0.1, 0.15) is 0 Å². The zero-order valence-corrected chi connectivity index (χ0v) is 12.9. The van der Waals surface area contributed by atoms with Gasteiger partial charge in [-0.3, -0.25) is 9.78 Å². The second-order valence-corrected chi connectivity index (χ2v) is 5.42. The fourth-order valence-corrected chi connectivity index (χ4v) is 2.46. The van der Waals surface area contributed by atoms with Crippen LogP contribution in [0.1, 0.15) is 28.9 Å². The van der Waals surface area contributed by atoms with Gasteiger partial charge in [-0.2, -0.15) is 0 Å². The molecule has 0 aliphatic rings. The van der Waals surface area contributed by atoms with Gasteiger partial charge >= 0.3 is 0 Å². The Hall–Kier alpha value is -2.94. The molecule has 3 aromatic rings. The molecule has 0 bridgehead atoms. The van der Waals surface area contributed by atoms with E-state index in [1.807, 2.05) is 25.1 Å². The molecule has 0 spiro atoms. The van der Waals surface area contributed by atoms with E-state index in [1.54, 1.807) is 24.5 Å². The van der Waals surface area contributed by atoms with E-state index in [4.69, 9.17) is 0 Å². The zero-order valence-electron chi connectivity index (χ0n) is 12.9. The molecule has 3 rings (SSSR count). The van der Waals surface area contributed by atoms with Gasteiger partial charge in [0.15, 0.2) is 0 Å². The minimum Gasteiger partial charge on any atom is -0.346 e. The summed E-state index contributed by atoms with van der Waals surface area (Å²) < 4.78 is 0. The Morgan fingerprint density at radius 3 is 2.13 bits per heavy atom. The Morgan fingerprint density at radius 2 is 1.48 bits per heavy atom. The summed E-state index contributed by atoms with van der Waals surface area (Å²) in [7, 11) is 0. The highest BCUT2D eigenvalue weighted by Gasteiger charge is 2.11. The highest BCUT2D eigenvalue weighted by atomic mass is 16.1. The molecule has 1 heterocycles. The lowest BCUT2D eigenvalue weighted by molar-refractivity contribution is 0.0940. The number of carbonyl (C=O) groups excluding carboxylic acids is 1. The third kappa shape index (κ3) is 3.64. The van der Waals surface area contributed by atoms with Crippen molar-refractivity contribution in [1.82, 2.24) is 10.3 Å². The molecule has 114 valence electrons. The number of rotatable bonds is 4. The van der Waals surface area contributed by atoms with Crippen LogP contribution in [0.4, 0.5) is 0 Å². The molecule has 3 nitrogen and oxygen atoms in total. The van der Waals surface area contributed by atoms with Crippen molar-refractivity contribution in [2.75, 3.05) is 0 Å². The average Bonchev–Trinajstić information content (AvgIpc) is 2.63. The second kappa shape index (κ2) is 6.88. The van der Waals surface area contributed by atoms with Crippen molar-refractivity contribution in [2.45, 2.75) is 13.0 Å². The van der Waals surface area contributed by atoms with E-state index in [-0.39, 0.29) is 11.9 Å². The maximum absolute atomic E-state index is 12.2. The number of nitrogens with zero attached hydrogens (tertiary/aromatic N) is 1. The van der Waals surface area contributed by atoms with Crippen molar-refractivity contribution in [2.24, 2.45) is 0 Å². The van der Waals surface area contributed by atoms with E-state index < -0.39 is 0 Å². The van der Waals surface area contributed by atoms with Gasteiger partial charge < -0.3 is 5.32 Å². The number of pyridine rings is 1. The van der Waals surface area contributed by atoms with Crippen LogP contribution >= 0.6 is 0 Å². The molecule has 1 unspecified atom stereocenters. The molecule has 0 aliphatic heterocycles.